The highest BCUT2D eigenvalue weighted by atomic mass is 16.5. The molecule has 2 aromatic rings. The molecule has 1 atom stereocenters. The van der Waals surface area contributed by atoms with Crippen molar-refractivity contribution in [3.8, 4) is 5.75 Å². The van der Waals surface area contributed by atoms with Crippen molar-refractivity contribution in [2.45, 2.75) is 33.7 Å². The van der Waals surface area contributed by atoms with Gasteiger partial charge in [-0.3, -0.25) is 9.59 Å². The van der Waals surface area contributed by atoms with Crippen LogP contribution < -0.4 is 4.74 Å². The third-order valence-electron chi connectivity index (χ3n) is 6.59. The number of methoxy groups -OCH3 is 2. The minimum Gasteiger partial charge on any atom is -0.507 e. The number of rotatable bonds is 9. The lowest BCUT2D eigenvalue weighted by Gasteiger charge is -2.28. The molecule has 1 aliphatic rings. The summed E-state index contributed by atoms with van der Waals surface area (Å²) in [4.78, 5) is 45.2. The topological polar surface area (TPSA) is 112 Å². The highest BCUT2D eigenvalue weighted by molar-refractivity contribution is 6.46. The largest absolute Gasteiger partial charge is 0.507 e. The second-order valence-corrected chi connectivity index (χ2v) is 8.41. The third kappa shape index (κ3) is 4.81. The molecule has 0 radical (unpaired) electrons. The first kappa shape index (κ1) is 26.0. The summed E-state index contributed by atoms with van der Waals surface area (Å²) in [6.45, 7) is 9.94. The molecule has 1 amide bonds. The highest BCUT2D eigenvalue weighted by Crippen LogP contribution is 2.41. The molecule has 188 valence electrons. The number of hydrogen-bond donors (Lipinski definition) is 2. The number of hydrogen-bond acceptors (Lipinski definition) is 7. The smallest absolute Gasteiger partial charge is 0.354 e. The zero-order valence-electron chi connectivity index (χ0n) is 21.1. The zero-order chi connectivity index (χ0) is 25.9. The van der Waals surface area contributed by atoms with E-state index in [0.717, 1.165) is 13.1 Å². The van der Waals surface area contributed by atoms with Crippen molar-refractivity contribution in [2.24, 2.45) is 0 Å². The molecule has 1 saturated heterocycles. The van der Waals surface area contributed by atoms with Gasteiger partial charge in [0.25, 0.3) is 11.7 Å². The van der Waals surface area contributed by atoms with Crippen molar-refractivity contribution in [1.29, 1.82) is 0 Å². The number of likely N-dealkylation sites (N-methyl/N-ethyl adjacent to an activating group) is 1. The van der Waals surface area contributed by atoms with Crippen molar-refractivity contribution in [3.63, 3.8) is 0 Å². The number of nitrogens with one attached hydrogen (secondary N) is 1. The molecule has 35 heavy (non-hydrogen) atoms. The van der Waals surface area contributed by atoms with E-state index in [1.54, 1.807) is 45.2 Å². The first-order valence-electron chi connectivity index (χ1n) is 11.6. The second kappa shape index (κ2) is 10.8. The fourth-order valence-electron chi connectivity index (χ4n) is 4.58. The van der Waals surface area contributed by atoms with E-state index >= 15 is 0 Å². The Morgan fingerprint density at radius 3 is 2.29 bits per heavy atom. The monoisotopic (exact) mass is 483 g/mol. The van der Waals surface area contributed by atoms with Gasteiger partial charge in [0.15, 0.2) is 0 Å². The molecule has 1 aromatic carbocycles. The number of ether oxygens (including phenoxy) is 2. The van der Waals surface area contributed by atoms with E-state index in [1.807, 2.05) is 13.8 Å². The Labute approximate surface area is 205 Å². The number of aliphatic hydroxyl groups excluding tert-OH is 1. The number of esters is 1. The number of aryl methyl sites for hydroxylation is 1. The zero-order valence-corrected chi connectivity index (χ0v) is 21.1. The molecule has 0 bridgehead atoms. The van der Waals surface area contributed by atoms with E-state index in [-0.39, 0.29) is 17.0 Å². The Morgan fingerprint density at radius 2 is 1.74 bits per heavy atom. The molecule has 1 fully saturated rings. The van der Waals surface area contributed by atoms with Gasteiger partial charge in [0.2, 0.25) is 0 Å². The van der Waals surface area contributed by atoms with Crippen LogP contribution in [0.3, 0.4) is 0 Å². The van der Waals surface area contributed by atoms with Crippen LogP contribution in [0.2, 0.25) is 0 Å². The van der Waals surface area contributed by atoms with E-state index < -0.39 is 23.7 Å². The summed E-state index contributed by atoms with van der Waals surface area (Å²) in [5.41, 5.74) is 2.08. The number of ketones is 1. The lowest BCUT2D eigenvalue weighted by Crippen LogP contribution is -2.38. The van der Waals surface area contributed by atoms with Crippen molar-refractivity contribution in [1.82, 2.24) is 14.8 Å². The van der Waals surface area contributed by atoms with E-state index in [2.05, 4.69) is 9.88 Å². The first-order chi connectivity index (χ1) is 16.7. The van der Waals surface area contributed by atoms with Gasteiger partial charge < -0.3 is 29.4 Å². The van der Waals surface area contributed by atoms with Crippen LogP contribution in [-0.4, -0.2) is 77.9 Å². The lowest BCUT2D eigenvalue weighted by atomic mass is 9.94. The van der Waals surface area contributed by atoms with Crippen molar-refractivity contribution in [3.05, 3.63) is 57.9 Å². The van der Waals surface area contributed by atoms with Crippen molar-refractivity contribution in [2.75, 3.05) is 40.4 Å². The molecule has 1 aliphatic heterocycles. The van der Waals surface area contributed by atoms with Crippen LogP contribution in [-0.2, 0) is 14.3 Å². The maximum absolute atomic E-state index is 13.3. The summed E-state index contributed by atoms with van der Waals surface area (Å²) in [6.07, 6.45) is 0. The molecule has 9 heteroatoms. The first-order valence-corrected chi connectivity index (χ1v) is 11.6. The maximum atomic E-state index is 13.3. The highest BCUT2D eigenvalue weighted by Gasteiger charge is 2.46. The van der Waals surface area contributed by atoms with E-state index in [0.29, 0.717) is 41.2 Å². The number of aromatic nitrogens is 1. The quantitative estimate of drug-likeness (QED) is 0.244. The normalized spacial score (nSPS) is 17.3. The average molecular weight is 484 g/mol. The Bertz CT molecular complexity index is 1140. The third-order valence-corrected chi connectivity index (χ3v) is 6.59. The van der Waals surface area contributed by atoms with E-state index in [1.165, 1.54) is 12.0 Å². The number of carbonyl (C=O) groups is 3. The van der Waals surface area contributed by atoms with Gasteiger partial charge in [0, 0.05) is 24.3 Å². The minimum absolute atomic E-state index is 0.0127. The van der Waals surface area contributed by atoms with E-state index in [4.69, 9.17) is 9.47 Å². The van der Waals surface area contributed by atoms with Crippen LogP contribution in [0, 0.1) is 13.8 Å². The molecule has 0 unspecified atom stereocenters. The van der Waals surface area contributed by atoms with Crippen LogP contribution in [0.4, 0.5) is 0 Å². The molecular weight excluding hydrogens is 450 g/mol. The minimum atomic E-state index is -0.785. The second-order valence-electron chi connectivity index (χ2n) is 8.41. The molecule has 1 aromatic heterocycles. The Hall–Kier alpha value is -3.59. The fraction of sp³-hybridized carbons (Fsp3) is 0.423. The number of aromatic amines is 1. The number of amides is 1. The molecule has 0 spiro atoms. The SMILES string of the molecule is CCN(CC)CCN1C(=O)C(=O)/C(=C(\O)c2c(C)[nH]c(C(=O)OC)c2C)[C@@H]1c1ccc(OC)cc1. The molecular formula is C26H33N3O6. The Balaban J connectivity index is 2.17. The van der Waals surface area contributed by atoms with Gasteiger partial charge in [-0.05, 0) is 50.2 Å². The van der Waals surface area contributed by atoms with Crippen LogP contribution in [0.5, 0.6) is 5.75 Å². The fourth-order valence-corrected chi connectivity index (χ4v) is 4.58. The van der Waals surface area contributed by atoms with Gasteiger partial charge in [0.1, 0.15) is 17.2 Å². The van der Waals surface area contributed by atoms with Gasteiger partial charge >= 0.3 is 5.97 Å². The number of benzene rings is 1. The number of nitrogens with zero attached hydrogens (tertiary/aromatic N) is 2. The van der Waals surface area contributed by atoms with E-state index in [9.17, 15) is 19.5 Å². The molecule has 2 N–H and O–H groups in total. The predicted octanol–water partition coefficient (Wildman–Crippen LogP) is 3.19. The molecule has 9 nitrogen and oxygen atoms in total. The Kier molecular flexibility index (Phi) is 8.01. The molecule has 0 saturated carbocycles. The van der Waals surface area contributed by atoms with Crippen molar-refractivity contribution >= 4 is 23.4 Å². The molecule has 2 heterocycles. The summed E-state index contributed by atoms with van der Waals surface area (Å²) in [7, 11) is 2.82. The van der Waals surface area contributed by atoms with Gasteiger partial charge in [-0.1, -0.05) is 26.0 Å². The number of likely N-dealkylation sites (tertiary alicyclic amines) is 1. The van der Waals surface area contributed by atoms with Crippen LogP contribution in [0.1, 0.15) is 52.8 Å². The van der Waals surface area contributed by atoms with Crippen LogP contribution in [0.15, 0.2) is 29.8 Å². The average Bonchev–Trinajstić information content (AvgIpc) is 3.30. The van der Waals surface area contributed by atoms with Gasteiger partial charge in [0.05, 0.1) is 25.8 Å². The van der Waals surface area contributed by atoms with Gasteiger partial charge in [-0.15, -0.1) is 0 Å². The summed E-state index contributed by atoms with van der Waals surface area (Å²) >= 11 is 0. The number of H-pyrrole nitrogens is 1. The lowest BCUT2D eigenvalue weighted by molar-refractivity contribution is -0.140. The predicted molar refractivity (Wildman–Crippen MR) is 131 cm³/mol. The summed E-state index contributed by atoms with van der Waals surface area (Å²) in [5, 5.41) is 11.4. The van der Waals surface area contributed by atoms with Crippen LogP contribution in [0.25, 0.3) is 5.76 Å². The standard InChI is InChI=1S/C26H33N3O6/c1-7-28(8-2)13-14-29-22(17-9-11-18(34-5)12-10-17)20(24(31)25(29)32)23(30)19-15(3)21(26(33)35-6)27-16(19)4/h9-12,22,27,30H,7-8,13-14H2,1-6H3/b23-20-/t22-/m0/s1. The number of Topliss-reactive ketones (excluding diaryl/α,β-unsaturated/α-hetero) is 1. The van der Waals surface area contributed by atoms with Crippen molar-refractivity contribution < 1.29 is 29.0 Å². The van der Waals surface area contributed by atoms with Crippen LogP contribution >= 0.6 is 0 Å². The number of carbonyl (C=O) groups excluding carboxylic acids is 3. The van der Waals surface area contributed by atoms with Gasteiger partial charge in [-0.25, -0.2) is 4.79 Å². The summed E-state index contributed by atoms with van der Waals surface area (Å²) < 4.78 is 10.1. The summed E-state index contributed by atoms with van der Waals surface area (Å²) in [6, 6.07) is 6.28. The Morgan fingerprint density at radius 1 is 1.11 bits per heavy atom. The maximum Gasteiger partial charge on any atom is 0.354 e. The number of aliphatic hydroxyl groups is 1. The molecule has 3 rings (SSSR count). The molecule has 0 aliphatic carbocycles. The summed E-state index contributed by atoms with van der Waals surface area (Å²) in [5.74, 6) is -1.71. The van der Waals surface area contributed by atoms with Gasteiger partial charge in [-0.2, -0.15) is 0 Å².